The molecule has 0 aliphatic heterocycles. The van der Waals surface area contributed by atoms with E-state index in [9.17, 15) is 4.79 Å². The first-order valence-corrected chi connectivity index (χ1v) is 8.07. The molecule has 5 heteroatoms. The van der Waals surface area contributed by atoms with Crippen molar-refractivity contribution >= 4 is 6.03 Å². The van der Waals surface area contributed by atoms with Gasteiger partial charge in [-0.05, 0) is 44.1 Å². The lowest BCUT2D eigenvalue weighted by atomic mass is 10.1. The standard InChI is InChI=1S/C17H29N3O2/c1-4-20(5-2)14-8-12-18-17(21)19-13-11-15-9-6-7-10-16(15)22-3/h6-7,9-10H,4-5,8,11-14H2,1-3H3,(H2,18,19,21). The minimum atomic E-state index is -0.102. The third-order valence-corrected chi connectivity index (χ3v) is 3.70. The van der Waals surface area contributed by atoms with Crippen molar-refractivity contribution in [1.82, 2.24) is 15.5 Å². The van der Waals surface area contributed by atoms with Crippen LogP contribution in [0.1, 0.15) is 25.8 Å². The number of ether oxygens (including phenoxy) is 1. The molecule has 0 unspecified atom stereocenters. The maximum absolute atomic E-state index is 11.7. The maximum atomic E-state index is 11.7. The number of urea groups is 1. The first-order chi connectivity index (χ1) is 10.7. The van der Waals surface area contributed by atoms with Gasteiger partial charge in [0.1, 0.15) is 5.75 Å². The molecule has 2 amide bonds. The summed E-state index contributed by atoms with van der Waals surface area (Å²) < 4.78 is 5.29. The van der Waals surface area contributed by atoms with E-state index < -0.39 is 0 Å². The van der Waals surface area contributed by atoms with Crippen LogP contribution in [-0.4, -0.2) is 50.8 Å². The van der Waals surface area contributed by atoms with Gasteiger partial charge in [0.15, 0.2) is 0 Å². The van der Waals surface area contributed by atoms with E-state index in [-0.39, 0.29) is 6.03 Å². The zero-order valence-corrected chi connectivity index (χ0v) is 14.0. The normalized spacial score (nSPS) is 10.5. The van der Waals surface area contributed by atoms with E-state index >= 15 is 0 Å². The van der Waals surface area contributed by atoms with E-state index in [0.29, 0.717) is 13.1 Å². The maximum Gasteiger partial charge on any atom is 0.314 e. The molecule has 0 fully saturated rings. The Morgan fingerprint density at radius 2 is 1.82 bits per heavy atom. The first-order valence-electron chi connectivity index (χ1n) is 8.07. The highest BCUT2D eigenvalue weighted by atomic mass is 16.5. The molecule has 0 aliphatic rings. The van der Waals surface area contributed by atoms with Crippen LogP contribution in [0.4, 0.5) is 4.79 Å². The van der Waals surface area contributed by atoms with Gasteiger partial charge in [-0.25, -0.2) is 4.79 Å². The van der Waals surface area contributed by atoms with Crippen molar-refractivity contribution in [3.8, 4) is 5.75 Å². The molecule has 0 aliphatic carbocycles. The van der Waals surface area contributed by atoms with Crippen LogP contribution in [0.5, 0.6) is 5.75 Å². The van der Waals surface area contributed by atoms with E-state index in [4.69, 9.17) is 4.74 Å². The van der Waals surface area contributed by atoms with Gasteiger partial charge in [0.05, 0.1) is 7.11 Å². The number of carbonyl (C=O) groups excluding carboxylic acids is 1. The van der Waals surface area contributed by atoms with Crippen molar-refractivity contribution in [3.05, 3.63) is 29.8 Å². The molecular weight excluding hydrogens is 278 g/mol. The van der Waals surface area contributed by atoms with Gasteiger partial charge in [0.25, 0.3) is 0 Å². The highest BCUT2D eigenvalue weighted by Crippen LogP contribution is 2.17. The fourth-order valence-corrected chi connectivity index (χ4v) is 2.33. The molecule has 22 heavy (non-hydrogen) atoms. The van der Waals surface area contributed by atoms with Crippen LogP contribution in [0.25, 0.3) is 0 Å². The van der Waals surface area contributed by atoms with Crippen LogP contribution < -0.4 is 15.4 Å². The lowest BCUT2D eigenvalue weighted by Gasteiger charge is -2.17. The summed E-state index contributed by atoms with van der Waals surface area (Å²) in [4.78, 5) is 14.1. The second kappa shape index (κ2) is 10.9. The molecule has 0 aromatic heterocycles. The third-order valence-electron chi connectivity index (χ3n) is 3.70. The summed E-state index contributed by atoms with van der Waals surface area (Å²) in [5, 5.41) is 5.77. The fourth-order valence-electron chi connectivity index (χ4n) is 2.33. The van der Waals surface area contributed by atoms with Crippen LogP contribution in [-0.2, 0) is 6.42 Å². The molecule has 0 saturated heterocycles. The zero-order chi connectivity index (χ0) is 16.2. The Kier molecular flexibility index (Phi) is 9.07. The molecule has 124 valence electrons. The lowest BCUT2D eigenvalue weighted by molar-refractivity contribution is 0.239. The Morgan fingerprint density at radius 3 is 2.50 bits per heavy atom. The van der Waals surface area contributed by atoms with E-state index in [1.165, 1.54) is 0 Å². The average molecular weight is 307 g/mol. The van der Waals surface area contributed by atoms with Gasteiger partial charge >= 0.3 is 6.03 Å². The smallest absolute Gasteiger partial charge is 0.314 e. The van der Waals surface area contributed by atoms with Crippen LogP contribution in [0.2, 0.25) is 0 Å². The number of hydrogen-bond acceptors (Lipinski definition) is 3. The summed E-state index contributed by atoms with van der Waals surface area (Å²) >= 11 is 0. The van der Waals surface area contributed by atoms with Crippen molar-refractivity contribution in [2.75, 3.05) is 39.8 Å². The largest absolute Gasteiger partial charge is 0.496 e. The molecule has 2 N–H and O–H groups in total. The minimum Gasteiger partial charge on any atom is -0.496 e. The predicted molar refractivity (Wildman–Crippen MR) is 90.5 cm³/mol. The van der Waals surface area contributed by atoms with Crippen molar-refractivity contribution in [2.24, 2.45) is 0 Å². The molecule has 1 rings (SSSR count). The number of nitrogens with one attached hydrogen (secondary N) is 2. The van der Waals surface area contributed by atoms with Gasteiger partial charge in [0.2, 0.25) is 0 Å². The number of hydrogen-bond donors (Lipinski definition) is 2. The van der Waals surface area contributed by atoms with Crippen LogP contribution in [0.15, 0.2) is 24.3 Å². The first kappa shape index (κ1) is 18.3. The van der Waals surface area contributed by atoms with E-state index in [1.807, 2.05) is 24.3 Å². The molecule has 0 atom stereocenters. The van der Waals surface area contributed by atoms with E-state index in [0.717, 1.165) is 43.8 Å². The lowest BCUT2D eigenvalue weighted by Crippen LogP contribution is -2.38. The number of benzene rings is 1. The van der Waals surface area contributed by atoms with Crippen LogP contribution in [0, 0.1) is 0 Å². The summed E-state index contributed by atoms with van der Waals surface area (Å²) in [5.74, 6) is 0.865. The van der Waals surface area contributed by atoms with Gasteiger partial charge < -0.3 is 20.3 Å². The third kappa shape index (κ3) is 6.80. The van der Waals surface area contributed by atoms with Gasteiger partial charge in [-0.2, -0.15) is 0 Å². The van der Waals surface area contributed by atoms with Crippen LogP contribution >= 0.6 is 0 Å². The van der Waals surface area contributed by atoms with Crippen LogP contribution in [0.3, 0.4) is 0 Å². The number of para-hydroxylation sites is 1. The second-order valence-electron chi connectivity index (χ2n) is 5.12. The second-order valence-corrected chi connectivity index (χ2v) is 5.12. The van der Waals surface area contributed by atoms with Crippen molar-refractivity contribution in [2.45, 2.75) is 26.7 Å². The Labute approximate surface area is 134 Å². The summed E-state index contributed by atoms with van der Waals surface area (Å²) in [6.45, 7) is 8.75. The van der Waals surface area contributed by atoms with Crippen molar-refractivity contribution in [1.29, 1.82) is 0 Å². The fraction of sp³-hybridized carbons (Fsp3) is 0.588. The van der Waals surface area contributed by atoms with Crippen molar-refractivity contribution < 1.29 is 9.53 Å². The number of amides is 2. The Balaban J connectivity index is 2.16. The van der Waals surface area contributed by atoms with Gasteiger partial charge in [-0.3, -0.25) is 0 Å². The van der Waals surface area contributed by atoms with Gasteiger partial charge in [0, 0.05) is 13.1 Å². The molecule has 0 radical (unpaired) electrons. The average Bonchev–Trinajstić information content (AvgIpc) is 2.55. The molecule has 0 bridgehead atoms. The molecule has 1 aromatic carbocycles. The molecule has 0 saturated carbocycles. The molecule has 5 nitrogen and oxygen atoms in total. The Morgan fingerprint density at radius 1 is 1.14 bits per heavy atom. The monoisotopic (exact) mass is 307 g/mol. The number of rotatable bonds is 10. The minimum absolute atomic E-state index is 0.102. The number of methoxy groups -OCH3 is 1. The van der Waals surface area contributed by atoms with E-state index in [1.54, 1.807) is 7.11 Å². The summed E-state index contributed by atoms with van der Waals surface area (Å²) in [6, 6.07) is 7.77. The van der Waals surface area contributed by atoms with E-state index in [2.05, 4.69) is 29.4 Å². The molecule has 0 heterocycles. The molecule has 0 spiro atoms. The summed E-state index contributed by atoms with van der Waals surface area (Å²) in [6.07, 6.45) is 1.73. The predicted octanol–water partition coefficient (Wildman–Crippen LogP) is 2.27. The summed E-state index contributed by atoms with van der Waals surface area (Å²) in [7, 11) is 1.66. The summed E-state index contributed by atoms with van der Waals surface area (Å²) in [5.41, 5.74) is 1.10. The quantitative estimate of drug-likeness (QED) is 0.652. The number of nitrogens with zero attached hydrogens (tertiary/aromatic N) is 1. The topological polar surface area (TPSA) is 53.6 Å². The van der Waals surface area contributed by atoms with Crippen molar-refractivity contribution in [3.63, 3.8) is 0 Å². The number of carbonyl (C=O) groups is 1. The van der Waals surface area contributed by atoms with Gasteiger partial charge in [-0.1, -0.05) is 32.0 Å². The Bertz CT molecular complexity index is 434. The molecular formula is C17H29N3O2. The SMILES string of the molecule is CCN(CC)CCCNC(=O)NCCc1ccccc1OC. The van der Waals surface area contributed by atoms with Gasteiger partial charge in [-0.15, -0.1) is 0 Å². The highest BCUT2D eigenvalue weighted by molar-refractivity contribution is 5.73. The Hall–Kier alpha value is -1.75. The molecule has 1 aromatic rings. The zero-order valence-electron chi connectivity index (χ0n) is 14.0. The highest BCUT2D eigenvalue weighted by Gasteiger charge is 2.04.